The van der Waals surface area contributed by atoms with Crippen LogP contribution < -0.4 is 0 Å². The normalized spacial score (nSPS) is 32.0. The van der Waals surface area contributed by atoms with Crippen LogP contribution >= 0.6 is 0 Å². The summed E-state index contributed by atoms with van der Waals surface area (Å²) in [5.74, 6) is 0.0120. The zero-order valence-corrected chi connectivity index (χ0v) is 17.0. The number of methoxy groups -OCH3 is 1. The number of ketones is 1. The summed E-state index contributed by atoms with van der Waals surface area (Å²) in [4.78, 5) is 20.5. The molecule has 26 heavy (non-hydrogen) atoms. The molecule has 2 saturated carbocycles. The van der Waals surface area contributed by atoms with E-state index in [9.17, 15) is 4.79 Å². The highest BCUT2D eigenvalue weighted by molar-refractivity contribution is 6.26. The van der Waals surface area contributed by atoms with Crippen LogP contribution in [0.4, 0.5) is 0 Å². The molecule has 3 rings (SSSR count). The van der Waals surface area contributed by atoms with Crippen molar-refractivity contribution in [2.45, 2.75) is 51.9 Å². The molecule has 146 valence electrons. The Morgan fingerprint density at radius 2 is 1.96 bits per heavy atom. The van der Waals surface area contributed by atoms with Gasteiger partial charge < -0.3 is 9.64 Å². The topological polar surface area (TPSA) is 45.1 Å². The molecule has 0 amide bonds. The van der Waals surface area contributed by atoms with E-state index < -0.39 is 0 Å². The molecule has 2 aliphatic carbocycles. The lowest BCUT2D eigenvalue weighted by Gasteiger charge is -2.35. The van der Waals surface area contributed by atoms with Crippen molar-refractivity contribution in [3.63, 3.8) is 0 Å². The van der Waals surface area contributed by atoms with Gasteiger partial charge in [0, 0.05) is 53.3 Å². The minimum Gasteiger partial charge on any atom is -0.384 e. The lowest BCUT2D eigenvalue weighted by atomic mass is 9.80. The Morgan fingerprint density at radius 3 is 2.58 bits per heavy atom. The molecule has 2 bridgehead atoms. The van der Waals surface area contributed by atoms with Crippen LogP contribution in [-0.4, -0.2) is 69.2 Å². The molecular formula is C21H35N3O2. The van der Waals surface area contributed by atoms with Gasteiger partial charge in [0.2, 0.25) is 0 Å². The number of carbonyl (C=O) groups is 1. The third-order valence-corrected chi connectivity index (χ3v) is 6.84. The van der Waals surface area contributed by atoms with Gasteiger partial charge in [-0.3, -0.25) is 14.7 Å². The van der Waals surface area contributed by atoms with E-state index in [1.807, 2.05) is 7.11 Å². The summed E-state index contributed by atoms with van der Waals surface area (Å²) in [5, 5.41) is 0. The predicted octanol–water partition coefficient (Wildman–Crippen LogP) is 3.11. The highest BCUT2D eigenvalue weighted by Crippen LogP contribution is 2.63. The van der Waals surface area contributed by atoms with Crippen molar-refractivity contribution in [1.82, 2.24) is 9.80 Å². The van der Waals surface area contributed by atoms with Crippen LogP contribution in [0.5, 0.6) is 0 Å². The number of carbonyl (C=O) groups excluding carboxylic acids is 1. The fourth-order valence-electron chi connectivity index (χ4n) is 5.44. The van der Waals surface area contributed by atoms with Crippen LogP contribution in [0.1, 0.15) is 51.9 Å². The van der Waals surface area contributed by atoms with Crippen molar-refractivity contribution in [2.24, 2.45) is 15.8 Å². The number of ether oxygens (including phenoxy) is 1. The number of hydrogen-bond donors (Lipinski definition) is 0. The predicted molar refractivity (Wildman–Crippen MR) is 105 cm³/mol. The Labute approximate surface area is 158 Å². The molecule has 0 radical (unpaired) electrons. The molecule has 1 heterocycles. The first-order valence-corrected chi connectivity index (χ1v) is 10.0. The van der Waals surface area contributed by atoms with Gasteiger partial charge in [-0.25, -0.2) is 0 Å². The summed E-state index contributed by atoms with van der Waals surface area (Å²) in [6.07, 6.45) is 10.6. The van der Waals surface area contributed by atoms with Crippen LogP contribution in [0.25, 0.3) is 0 Å². The zero-order valence-electron chi connectivity index (χ0n) is 17.0. The van der Waals surface area contributed by atoms with Crippen molar-refractivity contribution in [1.29, 1.82) is 0 Å². The Bertz CT molecular complexity index is 586. The van der Waals surface area contributed by atoms with E-state index in [1.165, 1.54) is 50.4 Å². The maximum absolute atomic E-state index is 11.3. The monoisotopic (exact) mass is 361 g/mol. The van der Waals surface area contributed by atoms with Gasteiger partial charge in [0.1, 0.15) is 0 Å². The second-order valence-electron chi connectivity index (χ2n) is 9.04. The van der Waals surface area contributed by atoms with E-state index in [2.05, 4.69) is 28.9 Å². The van der Waals surface area contributed by atoms with Crippen LogP contribution in [0.15, 0.2) is 16.4 Å². The second kappa shape index (κ2) is 7.81. The van der Waals surface area contributed by atoms with Gasteiger partial charge in [-0.05, 0) is 55.9 Å². The van der Waals surface area contributed by atoms with E-state index >= 15 is 0 Å². The summed E-state index contributed by atoms with van der Waals surface area (Å²) >= 11 is 0. The van der Waals surface area contributed by atoms with E-state index in [0.29, 0.717) is 10.8 Å². The smallest absolute Gasteiger partial charge is 0.170 e. The van der Waals surface area contributed by atoms with Crippen LogP contribution in [0.3, 0.4) is 0 Å². The fourth-order valence-corrected chi connectivity index (χ4v) is 5.44. The number of nitrogens with zero attached hydrogens (tertiary/aromatic N) is 3. The number of aliphatic imine (C=N–C) groups is 1. The maximum atomic E-state index is 11.3. The van der Waals surface area contributed by atoms with Gasteiger partial charge in [0.05, 0.1) is 18.5 Å². The minimum atomic E-state index is 0.0120. The first-order chi connectivity index (χ1) is 12.4. The number of rotatable bonds is 8. The number of Topliss-reactive ketones (excluding diaryl/α,β-unsaturated/α-hetero) is 1. The first kappa shape index (κ1) is 19.6. The van der Waals surface area contributed by atoms with Crippen molar-refractivity contribution < 1.29 is 9.53 Å². The molecule has 0 unspecified atom stereocenters. The standard InChI is InChI=1S/C21H35N3O2/c1-17(25)13-22-18-14-24(11-5-19(18)23(2)3)12-10-20-6-8-21(15-20,9-7-20)16-26-4/h13H,5-12,14-16H2,1-4H3. The minimum absolute atomic E-state index is 0.0120. The fraction of sp³-hybridized carbons (Fsp3) is 0.810. The summed E-state index contributed by atoms with van der Waals surface area (Å²) in [5.41, 5.74) is 3.34. The van der Waals surface area contributed by atoms with Crippen molar-refractivity contribution >= 4 is 12.0 Å². The van der Waals surface area contributed by atoms with E-state index in [0.717, 1.165) is 38.4 Å². The van der Waals surface area contributed by atoms with Gasteiger partial charge >= 0.3 is 0 Å². The third-order valence-electron chi connectivity index (χ3n) is 6.84. The first-order valence-electron chi connectivity index (χ1n) is 10.0. The molecule has 0 aromatic carbocycles. The van der Waals surface area contributed by atoms with Gasteiger partial charge in [0.25, 0.3) is 0 Å². The second-order valence-corrected chi connectivity index (χ2v) is 9.04. The Hall–Kier alpha value is -1.20. The molecule has 3 aliphatic rings. The van der Waals surface area contributed by atoms with E-state index in [1.54, 1.807) is 6.92 Å². The van der Waals surface area contributed by atoms with Gasteiger partial charge in [0.15, 0.2) is 5.78 Å². The Morgan fingerprint density at radius 1 is 1.27 bits per heavy atom. The third kappa shape index (κ3) is 4.20. The lowest BCUT2D eigenvalue weighted by Crippen LogP contribution is -2.36. The summed E-state index contributed by atoms with van der Waals surface area (Å²) in [6.45, 7) is 5.59. The van der Waals surface area contributed by atoms with Crippen LogP contribution in [-0.2, 0) is 9.53 Å². The Balaban J connectivity index is 1.59. The van der Waals surface area contributed by atoms with Gasteiger partial charge in [-0.1, -0.05) is 0 Å². The van der Waals surface area contributed by atoms with Crippen LogP contribution in [0.2, 0.25) is 0 Å². The molecule has 1 aliphatic heterocycles. The van der Waals surface area contributed by atoms with Crippen molar-refractivity contribution in [3.8, 4) is 0 Å². The van der Waals surface area contributed by atoms with E-state index in [-0.39, 0.29) is 5.78 Å². The van der Waals surface area contributed by atoms with Crippen molar-refractivity contribution in [2.75, 3.05) is 47.4 Å². The van der Waals surface area contributed by atoms with Gasteiger partial charge in [-0.15, -0.1) is 0 Å². The highest BCUT2D eigenvalue weighted by Gasteiger charge is 2.53. The van der Waals surface area contributed by atoms with Crippen molar-refractivity contribution in [3.05, 3.63) is 11.4 Å². The molecular weight excluding hydrogens is 326 g/mol. The molecule has 0 atom stereocenters. The molecule has 0 N–H and O–H groups in total. The largest absolute Gasteiger partial charge is 0.384 e. The summed E-state index contributed by atoms with van der Waals surface area (Å²) in [7, 11) is 5.98. The molecule has 0 aromatic rings. The average molecular weight is 362 g/mol. The molecule has 0 saturated heterocycles. The number of hydrogen-bond acceptors (Lipinski definition) is 5. The summed E-state index contributed by atoms with van der Waals surface area (Å²) in [6, 6.07) is 0. The summed E-state index contributed by atoms with van der Waals surface area (Å²) < 4.78 is 5.52. The number of fused-ring (bicyclic) bond motifs is 2. The maximum Gasteiger partial charge on any atom is 0.170 e. The molecule has 5 nitrogen and oxygen atoms in total. The highest BCUT2D eigenvalue weighted by atomic mass is 16.5. The Kier molecular flexibility index (Phi) is 5.88. The van der Waals surface area contributed by atoms with Crippen LogP contribution in [0, 0.1) is 10.8 Å². The SMILES string of the molecule is COCC12CCC(CCN3CCC(N(C)C)=C(N=CC(C)=O)C3)(CC1)C2. The molecule has 0 spiro atoms. The molecule has 0 aromatic heterocycles. The molecule has 5 heteroatoms. The lowest BCUT2D eigenvalue weighted by molar-refractivity contribution is -0.110. The average Bonchev–Trinajstić information content (AvgIpc) is 3.14. The zero-order chi connectivity index (χ0) is 18.8. The van der Waals surface area contributed by atoms with E-state index in [4.69, 9.17) is 4.74 Å². The van der Waals surface area contributed by atoms with Gasteiger partial charge in [-0.2, -0.15) is 0 Å². The quantitative estimate of drug-likeness (QED) is 0.623. The molecule has 2 fully saturated rings.